The lowest BCUT2D eigenvalue weighted by Gasteiger charge is -2.19. The van der Waals surface area contributed by atoms with E-state index in [-0.39, 0.29) is 25.0 Å². The van der Waals surface area contributed by atoms with E-state index in [9.17, 15) is 5.11 Å². The van der Waals surface area contributed by atoms with Crippen LogP contribution in [-0.2, 0) is 0 Å². The van der Waals surface area contributed by atoms with Crippen molar-refractivity contribution in [2.45, 2.75) is 40.0 Å². The van der Waals surface area contributed by atoms with Crippen molar-refractivity contribution >= 4 is 5.71 Å². The Morgan fingerprint density at radius 2 is 2.00 bits per heavy atom. The molecule has 1 aliphatic heterocycles. The summed E-state index contributed by atoms with van der Waals surface area (Å²) in [6, 6.07) is 0. The van der Waals surface area contributed by atoms with Crippen LogP contribution in [0.15, 0.2) is 39.8 Å². The number of nitrogens with two attached hydrogens (primary N) is 1. The van der Waals surface area contributed by atoms with E-state index in [0.29, 0.717) is 6.42 Å². The monoisotopic (exact) mass is 321 g/mol. The number of hydrogen-bond donors (Lipinski definition) is 4. The van der Waals surface area contributed by atoms with Gasteiger partial charge in [-0.05, 0) is 51.0 Å². The van der Waals surface area contributed by atoms with Crippen LogP contribution in [-0.4, -0.2) is 36.2 Å². The second kappa shape index (κ2) is 9.53. The standard InChI is InChI=1S/C18H31N3O2/c1-12(2)16(20-4)10-17-13(3)15(6-5-8-22)18(21-17)14(11-19)7-9-23/h10-11,13,15,20,22-23H,5-9,19H2,1-4H3/b14-11-,17-10-/t13-,15-/m0/s1. The summed E-state index contributed by atoms with van der Waals surface area (Å²) < 4.78 is 0. The van der Waals surface area contributed by atoms with E-state index < -0.39 is 0 Å². The SMILES string of the molecule is CNC(/C=C1N=C(/C(=C\N)CCO)[C@@H](CCCO)[C@@H]\1C)=C(C)C. The van der Waals surface area contributed by atoms with E-state index in [1.807, 2.05) is 7.05 Å². The molecule has 0 spiro atoms. The molecule has 1 heterocycles. The van der Waals surface area contributed by atoms with Gasteiger partial charge in [-0.3, -0.25) is 4.99 Å². The summed E-state index contributed by atoms with van der Waals surface area (Å²) in [7, 11) is 1.91. The second-order valence-corrected chi connectivity index (χ2v) is 6.16. The minimum atomic E-state index is 0.0535. The van der Waals surface area contributed by atoms with Gasteiger partial charge in [0.25, 0.3) is 0 Å². The van der Waals surface area contributed by atoms with Crippen molar-refractivity contribution in [1.29, 1.82) is 0 Å². The summed E-state index contributed by atoms with van der Waals surface area (Å²) in [5.74, 6) is 0.484. The lowest BCUT2D eigenvalue weighted by Crippen LogP contribution is -2.20. The molecule has 1 aliphatic rings. The lowest BCUT2D eigenvalue weighted by molar-refractivity contribution is 0.274. The molecule has 0 unspecified atom stereocenters. The van der Waals surface area contributed by atoms with Gasteiger partial charge in [0.2, 0.25) is 0 Å². The maximum absolute atomic E-state index is 9.26. The maximum atomic E-state index is 9.26. The average molecular weight is 321 g/mol. The summed E-state index contributed by atoms with van der Waals surface area (Å²) in [5, 5.41) is 21.6. The van der Waals surface area contributed by atoms with E-state index in [2.05, 4.69) is 32.2 Å². The maximum Gasteiger partial charge on any atom is 0.0491 e. The molecule has 5 N–H and O–H groups in total. The summed E-state index contributed by atoms with van der Waals surface area (Å²) >= 11 is 0. The van der Waals surface area contributed by atoms with Gasteiger partial charge in [0.1, 0.15) is 0 Å². The highest BCUT2D eigenvalue weighted by Gasteiger charge is 2.33. The number of aliphatic hydroxyl groups is 2. The fourth-order valence-corrected chi connectivity index (χ4v) is 2.97. The van der Waals surface area contributed by atoms with E-state index in [4.69, 9.17) is 15.8 Å². The number of rotatable bonds is 8. The first-order valence-corrected chi connectivity index (χ1v) is 8.28. The Labute approximate surface area is 139 Å². The van der Waals surface area contributed by atoms with Crippen molar-refractivity contribution < 1.29 is 10.2 Å². The molecule has 0 saturated carbocycles. The van der Waals surface area contributed by atoms with Gasteiger partial charge in [-0.15, -0.1) is 0 Å². The Kier molecular flexibility index (Phi) is 8.06. The molecular weight excluding hydrogens is 290 g/mol. The average Bonchev–Trinajstić information content (AvgIpc) is 2.83. The minimum Gasteiger partial charge on any atom is -0.404 e. The molecule has 0 amide bonds. The van der Waals surface area contributed by atoms with Gasteiger partial charge in [-0.25, -0.2) is 0 Å². The van der Waals surface area contributed by atoms with Gasteiger partial charge in [-0.2, -0.15) is 0 Å². The Morgan fingerprint density at radius 3 is 2.48 bits per heavy atom. The van der Waals surface area contributed by atoms with Crippen LogP contribution in [0.5, 0.6) is 0 Å². The quantitative estimate of drug-likeness (QED) is 0.551. The van der Waals surface area contributed by atoms with Crippen molar-refractivity contribution in [3.05, 3.63) is 34.8 Å². The highest BCUT2D eigenvalue weighted by atomic mass is 16.3. The first kappa shape index (κ1) is 19.5. The number of aliphatic imine (C=N–C) groups is 1. The Balaban J connectivity index is 3.22. The minimum absolute atomic E-state index is 0.0535. The fraction of sp³-hybridized carbons (Fsp3) is 0.611. The number of likely N-dealkylation sites (N-methyl/N-ethyl adjacent to an activating group) is 1. The van der Waals surface area contributed by atoms with Crippen LogP contribution in [0.25, 0.3) is 0 Å². The third-order valence-corrected chi connectivity index (χ3v) is 4.36. The number of nitrogens with zero attached hydrogens (tertiary/aromatic N) is 1. The van der Waals surface area contributed by atoms with Crippen LogP contribution in [0.4, 0.5) is 0 Å². The van der Waals surface area contributed by atoms with Crippen LogP contribution in [0.2, 0.25) is 0 Å². The summed E-state index contributed by atoms with van der Waals surface area (Å²) in [4.78, 5) is 4.83. The molecule has 0 radical (unpaired) electrons. The van der Waals surface area contributed by atoms with Crippen LogP contribution in [0, 0.1) is 11.8 Å². The molecule has 0 aromatic rings. The third-order valence-electron chi connectivity index (χ3n) is 4.36. The lowest BCUT2D eigenvalue weighted by atomic mass is 9.83. The molecule has 0 saturated heterocycles. The first-order valence-electron chi connectivity index (χ1n) is 8.28. The zero-order valence-corrected chi connectivity index (χ0v) is 14.8. The van der Waals surface area contributed by atoms with Crippen LogP contribution >= 0.6 is 0 Å². The van der Waals surface area contributed by atoms with Crippen molar-refractivity contribution in [2.75, 3.05) is 20.3 Å². The molecule has 0 bridgehead atoms. The highest BCUT2D eigenvalue weighted by Crippen LogP contribution is 2.37. The predicted molar refractivity (Wildman–Crippen MR) is 95.9 cm³/mol. The largest absolute Gasteiger partial charge is 0.404 e. The molecule has 23 heavy (non-hydrogen) atoms. The van der Waals surface area contributed by atoms with Crippen LogP contribution < -0.4 is 11.1 Å². The first-order chi connectivity index (χ1) is 11.0. The number of aliphatic hydroxyl groups excluding tert-OH is 2. The zero-order chi connectivity index (χ0) is 17.4. The van der Waals surface area contributed by atoms with Gasteiger partial charge in [0.05, 0.1) is 0 Å². The van der Waals surface area contributed by atoms with Gasteiger partial charge >= 0.3 is 0 Å². The summed E-state index contributed by atoms with van der Waals surface area (Å²) in [5.41, 5.74) is 10.9. The Morgan fingerprint density at radius 1 is 1.30 bits per heavy atom. The van der Waals surface area contributed by atoms with Gasteiger partial charge in [0.15, 0.2) is 0 Å². The van der Waals surface area contributed by atoms with Gasteiger partial charge in [0, 0.05) is 49.2 Å². The highest BCUT2D eigenvalue weighted by molar-refractivity contribution is 6.04. The molecule has 130 valence electrons. The number of allylic oxidation sites excluding steroid dienone is 3. The molecule has 2 atom stereocenters. The van der Waals surface area contributed by atoms with Crippen LogP contribution in [0.3, 0.4) is 0 Å². The number of nitrogens with one attached hydrogen (secondary N) is 1. The van der Waals surface area contributed by atoms with Crippen molar-refractivity contribution in [3.8, 4) is 0 Å². The molecular formula is C18H31N3O2. The molecule has 5 heteroatoms. The second-order valence-electron chi connectivity index (χ2n) is 6.16. The van der Waals surface area contributed by atoms with Crippen molar-refractivity contribution in [2.24, 2.45) is 22.6 Å². The number of hydrogen-bond acceptors (Lipinski definition) is 5. The molecule has 1 rings (SSSR count). The molecule has 0 aromatic carbocycles. The Bertz CT molecular complexity index is 514. The van der Waals surface area contributed by atoms with Gasteiger partial charge in [-0.1, -0.05) is 12.5 Å². The molecule has 0 aliphatic carbocycles. The normalized spacial score (nSPS) is 23.1. The van der Waals surface area contributed by atoms with Gasteiger partial charge < -0.3 is 21.3 Å². The van der Waals surface area contributed by atoms with E-state index in [0.717, 1.165) is 35.5 Å². The van der Waals surface area contributed by atoms with E-state index in [1.54, 1.807) is 6.20 Å². The summed E-state index contributed by atoms with van der Waals surface area (Å²) in [6.45, 7) is 6.52. The predicted octanol–water partition coefficient (Wildman–Crippen LogP) is 2.09. The van der Waals surface area contributed by atoms with E-state index in [1.165, 1.54) is 5.57 Å². The van der Waals surface area contributed by atoms with Crippen molar-refractivity contribution in [3.63, 3.8) is 0 Å². The fourth-order valence-electron chi connectivity index (χ4n) is 2.97. The smallest absolute Gasteiger partial charge is 0.0491 e. The molecule has 0 aromatic heterocycles. The molecule has 5 nitrogen and oxygen atoms in total. The zero-order valence-electron chi connectivity index (χ0n) is 14.8. The molecule has 0 fully saturated rings. The van der Waals surface area contributed by atoms with Crippen LogP contribution in [0.1, 0.15) is 40.0 Å². The topological polar surface area (TPSA) is 90.9 Å². The third kappa shape index (κ3) is 4.94. The summed E-state index contributed by atoms with van der Waals surface area (Å²) in [6.07, 6.45) is 5.75. The Hall–Kier alpha value is -1.59. The van der Waals surface area contributed by atoms with E-state index >= 15 is 0 Å². The van der Waals surface area contributed by atoms with Crippen molar-refractivity contribution in [1.82, 2.24) is 5.32 Å².